The van der Waals surface area contributed by atoms with Crippen molar-refractivity contribution in [2.45, 2.75) is 33.1 Å². The third-order valence-corrected chi connectivity index (χ3v) is 6.80. The number of aromatic amines is 1. The molecule has 1 N–H and O–H groups in total. The van der Waals surface area contributed by atoms with E-state index in [0.29, 0.717) is 5.56 Å². The first-order valence-electron chi connectivity index (χ1n) is 12.3. The van der Waals surface area contributed by atoms with Crippen molar-refractivity contribution in [3.8, 4) is 0 Å². The van der Waals surface area contributed by atoms with Crippen molar-refractivity contribution in [2.24, 2.45) is 0 Å². The van der Waals surface area contributed by atoms with Gasteiger partial charge in [0.05, 0.1) is 17.3 Å². The molecule has 2 aromatic carbocycles. The second-order valence-corrected chi connectivity index (χ2v) is 8.72. The van der Waals surface area contributed by atoms with Crippen LogP contribution in [0.2, 0.25) is 0 Å². The van der Waals surface area contributed by atoms with Gasteiger partial charge in [0.1, 0.15) is 13.6 Å². The summed E-state index contributed by atoms with van der Waals surface area (Å²) in [6.07, 6.45) is 8.08. The fourth-order valence-corrected chi connectivity index (χ4v) is 5.00. The maximum absolute atomic E-state index is 13.3. The maximum atomic E-state index is 13.3. The Morgan fingerprint density at radius 1 is 0.892 bits per heavy atom. The number of nitrogens with zero attached hydrogens (tertiary/aromatic N) is 2. The van der Waals surface area contributed by atoms with Crippen LogP contribution in [0.4, 0.5) is 0 Å². The Kier molecular flexibility index (Phi) is 9.67. The van der Waals surface area contributed by atoms with Crippen LogP contribution < -0.4 is 0 Å². The van der Waals surface area contributed by atoms with Gasteiger partial charge in [-0.25, -0.2) is 0 Å². The number of aromatic nitrogens is 2. The highest BCUT2D eigenvalue weighted by molar-refractivity contribution is 6.06. The van der Waals surface area contributed by atoms with Crippen LogP contribution >= 0.6 is 0 Å². The molecule has 37 heavy (non-hydrogen) atoms. The van der Waals surface area contributed by atoms with Crippen LogP contribution in [0.25, 0.3) is 16.5 Å². The van der Waals surface area contributed by atoms with E-state index in [9.17, 15) is 4.79 Å². The molecule has 0 spiro atoms. The van der Waals surface area contributed by atoms with Crippen molar-refractivity contribution in [3.05, 3.63) is 107 Å². The van der Waals surface area contributed by atoms with Gasteiger partial charge >= 0.3 is 0 Å². The lowest BCUT2D eigenvalue weighted by Crippen LogP contribution is -2.36. The molecule has 0 atom stereocenters. The molecule has 1 fully saturated rings. The zero-order valence-electron chi connectivity index (χ0n) is 21.5. The fourth-order valence-electron chi connectivity index (χ4n) is 5.00. The largest absolute Gasteiger partial charge is 0.360 e. The minimum absolute atomic E-state index is 0.0677. The number of carbonyl (C=O) groups is 3. The van der Waals surface area contributed by atoms with E-state index in [0.717, 1.165) is 43.3 Å². The first-order chi connectivity index (χ1) is 18.2. The maximum Gasteiger partial charge on any atom is 0.256 e. The summed E-state index contributed by atoms with van der Waals surface area (Å²) in [5.74, 6) is 0.0677. The number of fused-ring (bicyclic) bond motifs is 1. The molecule has 0 bridgehead atoms. The van der Waals surface area contributed by atoms with Gasteiger partial charge in [0.15, 0.2) is 0 Å². The minimum Gasteiger partial charge on any atom is -0.360 e. The normalized spacial score (nSPS) is 12.7. The SMILES string of the molecule is C=O.C=O.CCc1ccccc1C(=C1CCN(C(=O)c2cncc3[nH]ccc23)CC1)c1ccccc1C. The van der Waals surface area contributed by atoms with E-state index in [2.05, 4.69) is 72.3 Å². The standard InChI is InChI=1S/C29H29N3O.2CH2O/c1-3-21-9-5-7-11-24(21)28(23-10-6-4-8-20(23)2)22-13-16-32(17-14-22)29(33)26-18-30-19-27-25(26)12-15-31-27;2*1-2/h4-12,15,18-19,31H,3,13-14,16-17H2,1-2H3;2*1H2. The third-order valence-electron chi connectivity index (χ3n) is 6.80. The number of hydrogen-bond donors (Lipinski definition) is 1. The van der Waals surface area contributed by atoms with Crippen LogP contribution in [-0.4, -0.2) is 47.4 Å². The second-order valence-electron chi connectivity index (χ2n) is 8.72. The van der Waals surface area contributed by atoms with Gasteiger partial charge in [-0.3, -0.25) is 9.78 Å². The fraction of sp³-hybridized carbons (Fsp3) is 0.226. The molecule has 1 aliphatic rings. The minimum atomic E-state index is 0.0677. The first-order valence-corrected chi connectivity index (χ1v) is 12.3. The molecule has 6 heteroatoms. The summed E-state index contributed by atoms with van der Waals surface area (Å²) < 4.78 is 0. The van der Waals surface area contributed by atoms with Crippen LogP contribution in [0.15, 0.2) is 78.8 Å². The summed E-state index contributed by atoms with van der Waals surface area (Å²) in [6, 6.07) is 19.4. The van der Waals surface area contributed by atoms with Crippen molar-refractivity contribution in [1.82, 2.24) is 14.9 Å². The molecule has 1 aliphatic heterocycles. The molecule has 3 heterocycles. The van der Waals surface area contributed by atoms with E-state index < -0.39 is 0 Å². The Morgan fingerprint density at radius 2 is 1.54 bits per heavy atom. The molecule has 0 saturated carbocycles. The molecule has 1 saturated heterocycles. The number of amides is 1. The Morgan fingerprint density at radius 3 is 2.22 bits per heavy atom. The van der Waals surface area contributed by atoms with Gasteiger partial charge in [-0.05, 0) is 60.1 Å². The van der Waals surface area contributed by atoms with Gasteiger partial charge in [-0.2, -0.15) is 0 Å². The Hall–Kier alpha value is -4.32. The topological polar surface area (TPSA) is 83.1 Å². The average Bonchev–Trinajstić information content (AvgIpc) is 3.46. The van der Waals surface area contributed by atoms with E-state index in [1.54, 1.807) is 12.4 Å². The molecule has 0 unspecified atom stereocenters. The quantitative estimate of drug-likeness (QED) is 0.388. The number of H-pyrrole nitrogens is 1. The van der Waals surface area contributed by atoms with E-state index in [-0.39, 0.29) is 5.91 Å². The predicted molar refractivity (Wildman–Crippen MR) is 148 cm³/mol. The highest BCUT2D eigenvalue weighted by Gasteiger charge is 2.25. The highest BCUT2D eigenvalue weighted by atomic mass is 16.2. The van der Waals surface area contributed by atoms with Crippen LogP contribution in [0.3, 0.4) is 0 Å². The van der Waals surface area contributed by atoms with Gasteiger partial charge in [0, 0.05) is 30.9 Å². The van der Waals surface area contributed by atoms with Gasteiger partial charge in [-0.15, -0.1) is 0 Å². The van der Waals surface area contributed by atoms with Crippen LogP contribution in [0.5, 0.6) is 0 Å². The molecule has 5 rings (SSSR count). The second kappa shape index (κ2) is 13.1. The van der Waals surface area contributed by atoms with Gasteiger partial charge in [-0.1, -0.05) is 61.0 Å². The molecule has 1 amide bonds. The van der Waals surface area contributed by atoms with Crippen molar-refractivity contribution in [1.29, 1.82) is 0 Å². The van der Waals surface area contributed by atoms with E-state index in [4.69, 9.17) is 9.59 Å². The molecule has 6 nitrogen and oxygen atoms in total. The average molecular weight is 496 g/mol. The zero-order valence-corrected chi connectivity index (χ0v) is 21.5. The van der Waals surface area contributed by atoms with E-state index >= 15 is 0 Å². The monoisotopic (exact) mass is 495 g/mol. The van der Waals surface area contributed by atoms with Gasteiger partial charge < -0.3 is 19.5 Å². The van der Waals surface area contributed by atoms with Crippen molar-refractivity contribution in [2.75, 3.05) is 13.1 Å². The molecular weight excluding hydrogens is 462 g/mol. The first kappa shape index (κ1) is 27.3. The number of carbonyl (C=O) groups excluding carboxylic acids is 3. The molecule has 4 aromatic rings. The van der Waals surface area contributed by atoms with Crippen molar-refractivity contribution < 1.29 is 14.4 Å². The summed E-state index contributed by atoms with van der Waals surface area (Å²) >= 11 is 0. The highest BCUT2D eigenvalue weighted by Crippen LogP contribution is 2.36. The van der Waals surface area contributed by atoms with Crippen LogP contribution in [0.1, 0.15) is 52.4 Å². The lowest BCUT2D eigenvalue weighted by atomic mass is 9.84. The lowest BCUT2D eigenvalue weighted by Gasteiger charge is -2.31. The molecule has 0 radical (unpaired) electrons. The van der Waals surface area contributed by atoms with E-state index in [1.807, 2.05) is 30.7 Å². The zero-order chi connectivity index (χ0) is 26.8. The molecule has 190 valence electrons. The Balaban J connectivity index is 0.000000907. The lowest BCUT2D eigenvalue weighted by molar-refractivity contribution is -0.0987. The Bertz CT molecular complexity index is 1380. The van der Waals surface area contributed by atoms with Crippen LogP contribution in [0, 0.1) is 6.92 Å². The van der Waals surface area contributed by atoms with Gasteiger partial charge in [0.2, 0.25) is 0 Å². The molecular formula is C31H33N3O3. The van der Waals surface area contributed by atoms with Crippen molar-refractivity contribution in [3.63, 3.8) is 0 Å². The number of benzene rings is 2. The number of pyridine rings is 1. The summed E-state index contributed by atoms with van der Waals surface area (Å²) in [5.41, 5.74) is 9.65. The third kappa shape index (κ3) is 5.75. The predicted octanol–water partition coefficient (Wildman–Crippen LogP) is 5.80. The number of piperidine rings is 1. The summed E-state index contributed by atoms with van der Waals surface area (Å²) in [5, 5.41) is 0.939. The smallest absolute Gasteiger partial charge is 0.256 e. The number of likely N-dealkylation sites (tertiary alicyclic amines) is 1. The Labute approximate surface area is 218 Å². The summed E-state index contributed by atoms with van der Waals surface area (Å²) in [7, 11) is 0. The number of nitrogens with one attached hydrogen (secondary N) is 1. The van der Waals surface area contributed by atoms with Crippen molar-refractivity contribution >= 4 is 36.0 Å². The number of rotatable bonds is 4. The summed E-state index contributed by atoms with van der Waals surface area (Å²) in [6.45, 7) is 9.85. The summed E-state index contributed by atoms with van der Waals surface area (Å²) in [4.78, 5) is 38.7. The molecule has 0 aliphatic carbocycles. The van der Waals surface area contributed by atoms with Crippen LogP contribution in [-0.2, 0) is 16.0 Å². The molecule has 2 aromatic heterocycles. The number of hydrogen-bond acceptors (Lipinski definition) is 4. The van der Waals surface area contributed by atoms with Gasteiger partial charge in [0.25, 0.3) is 5.91 Å². The van der Waals surface area contributed by atoms with E-state index in [1.165, 1.54) is 33.4 Å². The number of aryl methyl sites for hydroxylation is 2.